The summed E-state index contributed by atoms with van der Waals surface area (Å²) in [5.74, 6) is -0.455. The Balaban J connectivity index is 2.31. The molecule has 2 aromatic rings. The SMILES string of the molecule is Cc1ccc(F)cc1Oc1ccc(C(=O)O)c(C)c1. The number of aromatic carboxylic acids is 1. The minimum atomic E-state index is -0.981. The molecular formula is C15H13FO3. The second-order valence-electron chi connectivity index (χ2n) is 4.29. The Hall–Kier alpha value is -2.36. The summed E-state index contributed by atoms with van der Waals surface area (Å²) in [4.78, 5) is 10.9. The fourth-order valence-electron chi connectivity index (χ4n) is 1.75. The summed E-state index contributed by atoms with van der Waals surface area (Å²) >= 11 is 0. The van der Waals surface area contributed by atoms with Gasteiger partial charge in [0.25, 0.3) is 0 Å². The third kappa shape index (κ3) is 2.91. The molecule has 3 nitrogen and oxygen atoms in total. The van der Waals surface area contributed by atoms with Gasteiger partial charge in [-0.25, -0.2) is 9.18 Å². The van der Waals surface area contributed by atoms with E-state index in [1.165, 1.54) is 18.2 Å². The normalized spacial score (nSPS) is 10.3. The van der Waals surface area contributed by atoms with Crippen LogP contribution in [0.5, 0.6) is 11.5 Å². The fraction of sp³-hybridized carbons (Fsp3) is 0.133. The van der Waals surface area contributed by atoms with E-state index in [1.807, 2.05) is 6.92 Å². The molecule has 0 amide bonds. The fourth-order valence-corrected chi connectivity index (χ4v) is 1.75. The Labute approximate surface area is 110 Å². The van der Waals surface area contributed by atoms with Crippen molar-refractivity contribution in [2.75, 3.05) is 0 Å². The molecule has 2 aromatic carbocycles. The molecule has 0 atom stereocenters. The van der Waals surface area contributed by atoms with Gasteiger partial charge in [0.1, 0.15) is 17.3 Å². The van der Waals surface area contributed by atoms with Gasteiger partial charge in [-0.1, -0.05) is 6.07 Å². The van der Waals surface area contributed by atoms with Crippen molar-refractivity contribution in [1.82, 2.24) is 0 Å². The van der Waals surface area contributed by atoms with E-state index in [-0.39, 0.29) is 11.4 Å². The molecule has 98 valence electrons. The summed E-state index contributed by atoms with van der Waals surface area (Å²) in [5, 5.41) is 8.94. The number of aryl methyl sites for hydroxylation is 2. The first-order chi connectivity index (χ1) is 8.97. The van der Waals surface area contributed by atoms with E-state index in [9.17, 15) is 9.18 Å². The van der Waals surface area contributed by atoms with Gasteiger partial charge < -0.3 is 9.84 Å². The molecule has 2 rings (SSSR count). The first kappa shape index (κ1) is 13.1. The third-order valence-corrected chi connectivity index (χ3v) is 2.81. The van der Waals surface area contributed by atoms with Gasteiger partial charge >= 0.3 is 5.97 Å². The molecule has 19 heavy (non-hydrogen) atoms. The van der Waals surface area contributed by atoms with E-state index in [2.05, 4.69) is 0 Å². The zero-order chi connectivity index (χ0) is 14.0. The number of hydrogen-bond acceptors (Lipinski definition) is 2. The second-order valence-corrected chi connectivity index (χ2v) is 4.29. The summed E-state index contributed by atoms with van der Waals surface area (Å²) in [6.45, 7) is 3.50. The van der Waals surface area contributed by atoms with E-state index in [1.54, 1.807) is 25.1 Å². The highest BCUT2D eigenvalue weighted by molar-refractivity contribution is 5.89. The Morgan fingerprint density at radius 1 is 1.11 bits per heavy atom. The molecule has 0 unspecified atom stereocenters. The maximum atomic E-state index is 13.1. The molecule has 0 aliphatic carbocycles. The van der Waals surface area contributed by atoms with Crippen LogP contribution in [0.4, 0.5) is 4.39 Å². The molecule has 4 heteroatoms. The van der Waals surface area contributed by atoms with E-state index in [0.29, 0.717) is 17.1 Å². The first-order valence-corrected chi connectivity index (χ1v) is 5.75. The van der Waals surface area contributed by atoms with Crippen molar-refractivity contribution in [2.24, 2.45) is 0 Å². The van der Waals surface area contributed by atoms with Crippen molar-refractivity contribution in [3.63, 3.8) is 0 Å². The maximum absolute atomic E-state index is 13.1. The average Bonchev–Trinajstić information content (AvgIpc) is 2.33. The topological polar surface area (TPSA) is 46.5 Å². The molecule has 0 aromatic heterocycles. The van der Waals surface area contributed by atoms with Crippen molar-refractivity contribution in [3.05, 3.63) is 58.9 Å². The molecule has 1 N–H and O–H groups in total. The molecule has 0 spiro atoms. The molecule has 0 saturated carbocycles. The van der Waals surface area contributed by atoms with Gasteiger partial charge in [0.05, 0.1) is 5.56 Å². The van der Waals surface area contributed by atoms with E-state index in [0.717, 1.165) is 5.56 Å². The molecular weight excluding hydrogens is 247 g/mol. The summed E-state index contributed by atoms with van der Waals surface area (Å²) in [6.07, 6.45) is 0. The number of carbonyl (C=O) groups is 1. The molecule has 0 bridgehead atoms. The lowest BCUT2D eigenvalue weighted by Crippen LogP contribution is -1.99. The van der Waals surface area contributed by atoms with Gasteiger partial charge in [0, 0.05) is 6.07 Å². The Kier molecular flexibility index (Phi) is 3.51. The zero-order valence-corrected chi connectivity index (χ0v) is 10.6. The average molecular weight is 260 g/mol. The minimum absolute atomic E-state index is 0.225. The molecule has 0 radical (unpaired) electrons. The van der Waals surface area contributed by atoms with Gasteiger partial charge in [0.15, 0.2) is 0 Å². The largest absolute Gasteiger partial charge is 0.478 e. The van der Waals surface area contributed by atoms with Crippen molar-refractivity contribution >= 4 is 5.97 Å². The lowest BCUT2D eigenvalue weighted by Gasteiger charge is -2.10. The van der Waals surface area contributed by atoms with Crippen LogP contribution in [0, 0.1) is 19.7 Å². The smallest absolute Gasteiger partial charge is 0.335 e. The Morgan fingerprint density at radius 3 is 2.47 bits per heavy atom. The van der Waals surface area contributed by atoms with Crippen LogP contribution in [-0.4, -0.2) is 11.1 Å². The number of ether oxygens (including phenoxy) is 1. The Bertz CT molecular complexity index is 635. The first-order valence-electron chi connectivity index (χ1n) is 5.75. The maximum Gasteiger partial charge on any atom is 0.335 e. The van der Waals surface area contributed by atoms with Crippen LogP contribution in [0.3, 0.4) is 0 Å². The standard InChI is InChI=1S/C15H13FO3/c1-9-3-4-11(16)8-14(9)19-12-5-6-13(15(17)18)10(2)7-12/h3-8H,1-2H3,(H,17,18). The number of benzene rings is 2. The van der Waals surface area contributed by atoms with Crippen LogP contribution < -0.4 is 4.74 Å². The second kappa shape index (κ2) is 5.10. The van der Waals surface area contributed by atoms with Crippen molar-refractivity contribution < 1.29 is 19.0 Å². The molecule has 0 heterocycles. The number of carboxylic acid groups (broad SMARTS) is 1. The van der Waals surface area contributed by atoms with Crippen LogP contribution >= 0.6 is 0 Å². The molecule has 0 aliphatic rings. The van der Waals surface area contributed by atoms with E-state index in [4.69, 9.17) is 9.84 Å². The van der Waals surface area contributed by atoms with Crippen LogP contribution in [-0.2, 0) is 0 Å². The van der Waals surface area contributed by atoms with Gasteiger partial charge in [-0.2, -0.15) is 0 Å². The highest BCUT2D eigenvalue weighted by atomic mass is 19.1. The number of halogens is 1. The third-order valence-electron chi connectivity index (χ3n) is 2.81. The summed E-state index contributed by atoms with van der Waals surface area (Å²) in [7, 11) is 0. The van der Waals surface area contributed by atoms with Crippen LogP contribution in [0.1, 0.15) is 21.5 Å². The lowest BCUT2D eigenvalue weighted by molar-refractivity contribution is 0.0696. The van der Waals surface area contributed by atoms with Crippen LogP contribution in [0.25, 0.3) is 0 Å². The predicted molar refractivity (Wildman–Crippen MR) is 69.3 cm³/mol. The minimum Gasteiger partial charge on any atom is -0.478 e. The summed E-state index contributed by atoms with van der Waals surface area (Å²) in [6, 6.07) is 8.94. The number of carboxylic acids is 1. The van der Waals surface area contributed by atoms with Crippen molar-refractivity contribution in [2.45, 2.75) is 13.8 Å². The van der Waals surface area contributed by atoms with Gasteiger partial charge in [-0.05, 0) is 49.2 Å². The van der Waals surface area contributed by atoms with E-state index >= 15 is 0 Å². The molecule has 0 fully saturated rings. The quantitative estimate of drug-likeness (QED) is 0.909. The van der Waals surface area contributed by atoms with E-state index < -0.39 is 5.97 Å². The van der Waals surface area contributed by atoms with Crippen molar-refractivity contribution in [3.8, 4) is 11.5 Å². The van der Waals surface area contributed by atoms with Crippen LogP contribution in [0.15, 0.2) is 36.4 Å². The molecule has 0 saturated heterocycles. The van der Waals surface area contributed by atoms with Crippen molar-refractivity contribution in [1.29, 1.82) is 0 Å². The number of rotatable bonds is 3. The number of hydrogen-bond donors (Lipinski definition) is 1. The summed E-state index contributed by atoms with van der Waals surface area (Å²) < 4.78 is 18.7. The van der Waals surface area contributed by atoms with Gasteiger partial charge in [0.2, 0.25) is 0 Å². The van der Waals surface area contributed by atoms with Gasteiger partial charge in [-0.3, -0.25) is 0 Å². The van der Waals surface area contributed by atoms with Crippen LogP contribution in [0.2, 0.25) is 0 Å². The highest BCUT2D eigenvalue weighted by Crippen LogP contribution is 2.27. The predicted octanol–water partition coefficient (Wildman–Crippen LogP) is 3.93. The lowest BCUT2D eigenvalue weighted by atomic mass is 10.1. The highest BCUT2D eigenvalue weighted by Gasteiger charge is 2.09. The van der Waals surface area contributed by atoms with Gasteiger partial charge in [-0.15, -0.1) is 0 Å². The summed E-state index contributed by atoms with van der Waals surface area (Å²) in [5.41, 5.74) is 1.63. The Morgan fingerprint density at radius 2 is 1.84 bits per heavy atom. The monoisotopic (exact) mass is 260 g/mol. The zero-order valence-electron chi connectivity index (χ0n) is 10.6. The molecule has 0 aliphatic heterocycles.